The van der Waals surface area contributed by atoms with Gasteiger partial charge in [-0.1, -0.05) is 37.2 Å². The molecular weight excluding hydrogens is 389 g/mol. The molecule has 0 aliphatic carbocycles. The van der Waals surface area contributed by atoms with Gasteiger partial charge in [-0.05, 0) is 24.3 Å². The molecule has 2 atom stereocenters. The summed E-state index contributed by atoms with van der Waals surface area (Å²) >= 11 is 6.95. The van der Waals surface area contributed by atoms with Crippen LogP contribution >= 0.6 is 23.4 Å². The van der Waals surface area contributed by atoms with E-state index in [1.807, 2.05) is 4.90 Å². The normalized spacial score (nSPS) is 21.4. The van der Waals surface area contributed by atoms with Crippen LogP contribution in [0.25, 0.3) is 5.65 Å². The molecule has 1 amide bonds. The van der Waals surface area contributed by atoms with Crippen LogP contribution in [-0.2, 0) is 11.0 Å². The van der Waals surface area contributed by atoms with E-state index in [1.165, 1.54) is 4.40 Å². The van der Waals surface area contributed by atoms with Gasteiger partial charge in [-0.25, -0.2) is 0 Å². The molecule has 2 aromatic rings. The van der Waals surface area contributed by atoms with Gasteiger partial charge in [-0.2, -0.15) is 13.2 Å². The van der Waals surface area contributed by atoms with Crippen LogP contribution in [0.3, 0.4) is 0 Å². The van der Waals surface area contributed by atoms with E-state index in [0.717, 1.165) is 30.4 Å². The molecule has 3 rings (SSSR count). The quantitative estimate of drug-likeness (QED) is 0.723. The number of alkyl halides is 3. The van der Waals surface area contributed by atoms with Crippen LogP contribution in [-0.4, -0.2) is 44.2 Å². The van der Waals surface area contributed by atoms with Crippen LogP contribution in [0.4, 0.5) is 13.2 Å². The van der Waals surface area contributed by atoms with Gasteiger partial charge in [0.2, 0.25) is 5.91 Å². The molecule has 3 heterocycles. The van der Waals surface area contributed by atoms with Gasteiger partial charge < -0.3 is 4.90 Å². The van der Waals surface area contributed by atoms with Crippen LogP contribution in [0.1, 0.15) is 25.8 Å². The van der Waals surface area contributed by atoms with Gasteiger partial charge in [-0.15, -0.1) is 10.2 Å². The maximum Gasteiger partial charge on any atom is 0.417 e. The number of carbonyl (C=O) groups is 1. The third-order valence-electron chi connectivity index (χ3n) is 4.30. The molecule has 10 heteroatoms. The first-order valence-corrected chi connectivity index (χ1v) is 9.53. The summed E-state index contributed by atoms with van der Waals surface area (Å²) < 4.78 is 40.1. The van der Waals surface area contributed by atoms with Gasteiger partial charge in [0.05, 0.1) is 16.3 Å². The largest absolute Gasteiger partial charge is 0.417 e. The average Bonchev–Trinajstić information content (AvgIpc) is 2.94. The minimum absolute atomic E-state index is 0.0526. The molecular formula is C16H18ClF3N4OS. The minimum atomic E-state index is -4.53. The van der Waals surface area contributed by atoms with Crippen molar-refractivity contribution in [2.45, 2.75) is 31.6 Å². The molecule has 5 nitrogen and oxygen atoms in total. The standard InChI is InChI=1S/C16H18ClF3N4OS/c1-9-3-10(2)6-23(5-9)13(25)8-26-15-22-21-14-12(17)4-11(7-24(14)15)16(18,19)20/h4,7,9-10H,3,5-6,8H2,1-2H3/t9-,10-/m1/s1. The fraction of sp³-hybridized carbons (Fsp3) is 0.562. The van der Waals surface area contributed by atoms with Crippen molar-refractivity contribution in [3.05, 3.63) is 22.8 Å². The molecule has 1 saturated heterocycles. The van der Waals surface area contributed by atoms with Crippen molar-refractivity contribution >= 4 is 34.9 Å². The number of piperidine rings is 1. The number of pyridine rings is 1. The Balaban J connectivity index is 1.77. The second-order valence-corrected chi connectivity index (χ2v) is 8.13. The number of hydrogen-bond donors (Lipinski definition) is 0. The van der Waals surface area contributed by atoms with E-state index >= 15 is 0 Å². The number of thioether (sulfide) groups is 1. The average molecular weight is 407 g/mol. The van der Waals surface area contributed by atoms with Crippen LogP contribution in [0.2, 0.25) is 5.02 Å². The number of fused-ring (bicyclic) bond motifs is 1. The molecule has 0 saturated carbocycles. The van der Waals surface area contributed by atoms with Crippen molar-refractivity contribution in [1.82, 2.24) is 19.5 Å². The van der Waals surface area contributed by atoms with Gasteiger partial charge >= 0.3 is 6.18 Å². The Kier molecular flexibility index (Phi) is 5.39. The highest BCUT2D eigenvalue weighted by Crippen LogP contribution is 2.33. The molecule has 1 aliphatic heterocycles. The zero-order valence-corrected chi connectivity index (χ0v) is 15.8. The molecule has 26 heavy (non-hydrogen) atoms. The topological polar surface area (TPSA) is 50.5 Å². The number of halogens is 4. The molecule has 0 spiro atoms. The third kappa shape index (κ3) is 4.09. The number of hydrogen-bond acceptors (Lipinski definition) is 4. The van der Waals surface area contributed by atoms with Gasteiger partial charge in [0.1, 0.15) is 0 Å². The van der Waals surface area contributed by atoms with Crippen molar-refractivity contribution in [2.24, 2.45) is 11.8 Å². The number of likely N-dealkylation sites (tertiary alicyclic amines) is 1. The zero-order valence-electron chi connectivity index (χ0n) is 14.3. The van der Waals surface area contributed by atoms with Gasteiger partial charge in [0.15, 0.2) is 10.8 Å². The second kappa shape index (κ2) is 7.26. The second-order valence-electron chi connectivity index (χ2n) is 6.78. The summed E-state index contributed by atoms with van der Waals surface area (Å²) in [5.74, 6) is 0.918. The number of aromatic nitrogens is 3. The van der Waals surface area contributed by atoms with Crippen LogP contribution in [0, 0.1) is 11.8 Å². The van der Waals surface area contributed by atoms with E-state index in [0.29, 0.717) is 24.9 Å². The highest BCUT2D eigenvalue weighted by molar-refractivity contribution is 7.99. The van der Waals surface area contributed by atoms with Crippen molar-refractivity contribution in [3.8, 4) is 0 Å². The molecule has 0 unspecified atom stereocenters. The lowest BCUT2D eigenvalue weighted by atomic mass is 9.92. The Morgan fingerprint density at radius 2 is 1.96 bits per heavy atom. The highest BCUT2D eigenvalue weighted by Gasteiger charge is 2.32. The maximum absolute atomic E-state index is 13.0. The van der Waals surface area contributed by atoms with E-state index in [4.69, 9.17) is 11.6 Å². The third-order valence-corrected chi connectivity index (χ3v) is 5.51. The van der Waals surface area contributed by atoms with Crippen LogP contribution < -0.4 is 0 Å². The molecule has 142 valence electrons. The van der Waals surface area contributed by atoms with Crippen molar-refractivity contribution in [3.63, 3.8) is 0 Å². The molecule has 1 fully saturated rings. The number of nitrogens with zero attached hydrogens (tertiary/aromatic N) is 4. The Hall–Kier alpha value is -1.48. The Morgan fingerprint density at radius 3 is 2.58 bits per heavy atom. The van der Waals surface area contributed by atoms with Crippen molar-refractivity contribution in [2.75, 3.05) is 18.8 Å². The summed E-state index contributed by atoms with van der Waals surface area (Å²) in [5, 5.41) is 7.78. The molecule has 0 bridgehead atoms. The molecule has 1 aliphatic rings. The van der Waals surface area contributed by atoms with E-state index in [9.17, 15) is 18.0 Å². The number of rotatable bonds is 3. The summed E-state index contributed by atoms with van der Waals surface area (Å²) in [6.07, 6.45) is -2.54. The van der Waals surface area contributed by atoms with Gasteiger partial charge in [0.25, 0.3) is 0 Å². The predicted molar refractivity (Wildman–Crippen MR) is 93.2 cm³/mol. The van der Waals surface area contributed by atoms with Crippen molar-refractivity contribution in [1.29, 1.82) is 0 Å². The van der Waals surface area contributed by atoms with Crippen molar-refractivity contribution < 1.29 is 18.0 Å². The molecule has 0 aromatic carbocycles. The number of amides is 1. The summed E-state index contributed by atoms with van der Waals surface area (Å²) in [7, 11) is 0. The van der Waals surface area contributed by atoms with E-state index in [2.05, 4.69) is 24.0 Å². The van der Waals surface area contributed by atoms with Crippen LogP contribution in [0.15, 0.2) is 17.4 Å². The first kappa shape index (κ1) is 19.3. The van der Waals surface area contributed by atoms with E-state index in [-0.39, 0.29) is 27.5 Å². The fourth-order valence-corrected chi connectivity index (χ4v) is 4.33. The van der Waals surface area contributed by atoms with Crippen LogP contribution in [0.5, 0.6) is 0 Å². The minimum Gasteiger partial charge on any atom is -0.341 e. The lowest BCUT2D eigenvalue weighted by Gasteiger charge is -2.34. The smallest absolute Gasteiger partial charge is 0.341 e. The SMILES string of the molecule is C[C@@H]1C[C@@H](C)CN(C(=O)CSc2nnc3c(Cl)cc(C(F)(F)F)cn23)C1. The predicted octanol–water partition coefficient (Wildman–Crippen LogP) is 4.00. The zero-order chi connectivity index (χ0) is 19.1. The fourth-order valence-electron chi connectivity index (χ4n) is 3.27. The Labute approximate surface area is 157 Å². The van der Waals surface area contributed by atoms with Gasteiger partial charge in [-0.3, -0.25) is 9.20 Å². The van der Waals surface area contributed by atoms with Gasteiger partial charge in [0, 0.05) is 19.3 Å². The molecule has 2 aromatic heterocycles. The molecule has 0 N–H and O–H groups in total. The van der Waals surface area contributed by atoms with E-state index < -0.39 is 11.7 Å². The first-order chi connectivity index (χ1) is 12.1. The first-order valence-electron chi connectivity index (χ1n) is 8.17. The lowest BCUT2D eigenvalue weighted by molar-refractivity contribution is -0.138. The lowest BCUT2D eigenvalue weighted by Crippen LogP contribution is -2.43. The highest BCUT2D eigenvalue weighted by atomic mass is 35.5. The Bertz CT molecular complexity index is 816. The maximum atomic E-state index is 13.0. The Morgan fingerprint density at radius 1 is 1.31 bits per heavy atom. The summed E-state index contributed by atoms with van der Waals surface area (Å²) in [6, 6.07) is 0.821. The summed E-state index contributed by atoms with van der Waals surface area (Å²) in [4.78, 5) is 14.3. The number of carbonyl (C=O) groups excluding carboxylic acids is 1. The summed E-state index contributed by atoms with van der Waals surface area (Å²) in [6.45, 7) is 5.62. The van der Waals surface area contributed by atoms with E-state index in [1.54, 1.807) is 0 Å². The molecule has 0 radical (unpaired) electrons. The summed E-state index contributed by atoms with van der Waals surface area (Å²) in [5.41, 5.74) is -0.753. The monoisotopic (exact) mass is 406 g/mol.